The number of rotatable bonds is 2. The zero-order valence-electron chi connectivity index (χ0n) is 10.7. The summed E-state index contributed by atoms with van der Waals surface area (Å²) in [4.78, 5) is 28.3. The Balaban J connectivity index is 2.00. The predicted octanol–water partition coefficient (Wildman–Crippen LogP) is 1.68. The molecule has 0 fully saturated rings. The first kappa shape index (κ1) is 12.2. The van der Waals surface area contributed by atoms with Gasteiger partial charge in [0.2, 0.25) is 0 Å². The monoisotopic (exact) mass is 269 g/mol. The molecule has 6 heteroatoms. The number of amides is 1. The summed E-state index contributed by atoms with van der Waals surface area (Å²) in [7, 11) is 0. The van der Waals surface area contributed by atoms with Crippen LogP contribution in [0.2, 0.25) is 0 Å². The molecule has 6 nitrogen and oxygen atoms in total. The number of nitrogens with zero attached hydrogens (tertiary/aromatic N) is 2. The summed E-state index contributed by atoms with van der Waals surface area (Å²) in [6.07, 6.45) is 2.70. The maximum absolute atomic E-state index is 12.2. The highest BCUT2D eigenvalue weighted by Gasteiger charge is 2.14. The number of aromatic nitrogens is 2. The number of aryl methyl sites for hydroxylation is 1. The Kier molecular flexibility index (Phi) is 2.83. The third kappa shape index (κ3) is 1.97. The first-order valence-electron chi connectivity index (χ1n) is 5.98. The Hall–Kier alpha value is -2.89. The Labute approximate surface area is 113 Å². The standard InChI is InChI=1S/C14H11N3O3/c1-9-6-7-20-12(9)13(18)16-17-8-15-11-5-3-2-4-10(11)14(17)19/h2-8H,1H3,(H,16,18). The number of benzene rings is 1. The van der Waals surface area contributed by atoms with Gasteiger partial charge in [-0.1, -0.05) is 12.1 Å². The Morgan fingerprint density at radius 3 is 2.85 bits per heavy atom. The molecule has 0 aliphatic heterocycles. The van der Waals surface area contributed by atoms with Crippen molar-refractivity contribution in [2.45, 2.75) is 6.92 Å². The fraction of sp³-hybridized carbons (Fsp3) is 0.0714. The average molecular weight is 269 g/mol. The summed E-state index contributed by atoms with van der Waals surface area (Å²) in [5, 5.41) is 0.437. The van der Waals surface area contributed by atoms with Gasteiger partial charge < -0.3 is 4.42 Å². The molecule has 1 aromatic carbocycles. The summed E-state index contributed by atoms with van der Waals surface area (Å²) in [5.41, 5.74) is 3.39. The van der Waals surface area contributed by atoms with E-state index in [0.29, 0.717) is 16.5 Å². The predicted molar refractivity (Wildman–Crippen MR) is 73.1 cm³/mol. The van der Waals surface area contributed by atoms with Gasteiger partial charge in [-0.05, 0) is 25.1 Å². The van der Waals surface area contributed by atoms with Crippen molar-refractivity contribution in [3.05, 3.63) is 64.6 Å². The fourth-order valence-electron chi connectivity index (χ4n) is 1.91. The quantitative estimate of drug-likeness (QED) is 0.767. The highest BCUT2D eigenvalue weighted by Crippen LogP contribution is 2.09. The minimum Gasteiger partial charge on any atom is -0.459 e. The van der Waals surface area contributed by atoms with E-state index < -0.39 is 5.91 Å². The molecule has 3 rings (SSSR count). The second kappa shape index (κ2) is 4.65. The van der Waals surface area contributed by atoms with E-state index in [1.807, 2.05) is 0 Å². The molecule has 2 heterocycles. The number of hydrogen-bond donors (Lipinski definition) is 1. The number of carbonyl (C=O) groups is 1. The van der Waals surface area contributed by atoms with Gasteiger partial charge in [-0.2, -0.15) is 0 Å². The summed E-state index contributed by atoms with van der Waals surface area (Å²) in [5.74, 6) is -0.322. The van der Waals surface area contributed by atoms with Crippen molar-refractivity contribution < 1.29 is 9.21 Å². The van der Waals surface area contributed by atoms with Gasteiger partial charge in [-0.3, -0.25) is 15.0 Å². The van der Waals surface area contributed by atoms with Crippen LogP contribution >= 0.6 is 0 Å². The topological polar surface area (TPSA) is 77.1 Å². The van der Waals surface area contributed by atoms with E-state index in [4.69, 9.17) is 4.42 Å². The van der Waals surface area contributed by atoms with Gasteiger partial charge in [0.15, 0.2) is 5.76 Å². The molecular weight excluding hydrogens is 258 g/mol. The zero-order valence-corrected chi connectivity index (χ0v) is 10.7. The molecule has 100 valence electrons. The largest absolute Gasteiger partial charge is 0.459 e. The van der Waals surface area contributed by atoms with Crippen LogP contribution in [0.1, 0.15) is 16.1 Å². The van der Waals surface area contributed by atoms with E-state index in [1.165, 1.54) is 12.6 Å². The van der Waals surface area contributed by atoms with Crippen LogP contribution in [0.4, 0.5) is 0 Å². The summed E-state index contributed by atoms with van der Waals surface area (Å²) < 4.78 is 6.13. The lowest BCUT2D eigenvalue weighted by Crippen LogP contribution is -2.33. The molecule has 0 aliphatic rings. The van der Waals surface area contributed by atoms with E-state index in [2.05, 4.69) is 10.4 Å². The van der Waals surface area contributed by atoms with E-state index >= 15 is 0 Å². The van der Waals surface area contributed by atoms with Gasteiger partial charge in [-0.15, -0.1) is 0 Å². The van der Waals surface area contributed by atoms with E-state index in [9.17, 15) is 9.59 Å². The minimum absolute atomic E-state index is 0.171. The van der Waals surface area contributed by atoms with Crippen LogP contribution in [0.15, 0.2) is 52.1 Å². The lowest BCUT2D eigenvalue weighted by Gasteiger charge is -2.07. The number of carbonyl (C=O) groups excluding carboxylic acids is 1. The molecule has 0 atom stereocenters. The van der Waals surface area contributed by atoms with Crippen LogP contribution < -0.4 is 11.0 Å². The molecule has 3 aromatic rings. The van der Waals surface area contributed by atoms with E-state index in [1.54, 1.807) is 37.3 Å². The van der Waals surface area contributed by atoms with Crippen molar-refractivity contribution >= 4 is 16.8 Å². The highest BCUT2D eigenvalue weighted by atomic mass is 16.3. The first-order chi connectivity index (χ1) is 9.66. The van der Waals surface area contributed by atoms with Crippen molar-refractivity contribution in [1.82, 2.24) is 9.66 Å². The van der Waals surface area contributed by atoms with E-state index in [-0.39, 0.29) is 11.3 Å². The van der Waals surface area contributed by atoms with Gasteiger partial charge in [0, 0.05) is 5.56 Å². The van der Waals surface area contributed by atoms with Crippen LogP contribution in [0.3, 0.4) is 0 Å². The molecule has 0 saturated heterocycles. The number of fused-ring (bicyclic) bond motifs is 1. The van der Waals surface area contributed by atoms with Gasteiger partial charge in [-0.25, -0.2) is 9.66 Å². The fourth-order valence-corrected chi connectivity index (χ4v) is 1.91. The molecule has 1 N–H and O–H groups in total. The van der Waals surface area contributed by atoms with Gasteiger partial charge in [0.1, 0.15) is 6.33 Å². The second-order valence-electron chi connectivity index (χ2n) is 4.31. The molecule has 0 spiro atoms. The molecule has 0 unspecified atom stereocenters. The maximum atomic E-state index is 12.2. The van der Waals surface area contributed by atoms with Crippen LogP contribution in [-0.2, 0) is 0 Å². The molecular formula is C14H11N3O3. The summed E-state index contributed by atoms with van der Waals surface area (Å²) in [6.45, 7) is 1.75. The van der Waals surface area contributed by atoms with Crippen LogP contribution in [0.5, 0.6) is 0 Å². The number of para-hydroxylation sites is 1. The molecule has 1 amide bonds. The molecule has 0 aliphatic carbocycles. The lowest BCUT2D eigenvalue weighted by molar-refractivity contribution is 0.0980. The van der Waals surface area contributed by atoms with Crippen molar-refractivity contribution in [1.29, 1.82) is 0 Å². The second-order valence-corrected chi connectivity index (χ2v) is 4.31. The van der Waals surface area contributed by atoms with Crippen molar-refractivity contribution in [3.63, 3.8) is 0 Å². The summed E-state index contributed by atoms with van der Waals surface area (Å²) >= 11 is 0. The lowest BCUT2D eigenvalue weighted by atomic mass is 10.2. The SMILES string of the molecule is Cc1ccoc1C(=O)Nn1cnc2ccccc2c1=O. The molecule has 0 radical (unpaired) electrons. The Morgan fingerprint density at radius 2 is 2.10 bits per heavy atom. The van der Waals surface area contributed by atoms with Crippen LogP contribution in [-0.4, -0.2) is 15.6 Å². The highest BCUT2D eigenvalue weighted by molar-refractivity contribution is 5.98. The van der Waals surface area contributed by atoms with Crippen LogP contribution in [0, 0.1) is 6.92 Å². The Morgan fingerprint density at radius 1 is 1.30 bits per heavy atom. The normalized spacial score (nSPS) is 10.7. The third-order valence-electron chi connectivity index (χ3n) is 2.96. The number of nitrogens with one attached hydrogen (secondary N) is 1. The maximum Gasteiger partial charge on any atom is 0.306 e. The first-order valence-corrected chi connectivity index (χ1v) is 5.98. The van der Waals surface area contributed by atoms with Gasteiger partial charge in [0.25, 0.3) is 5.56 Å². The average Bonchev–Trinajstić information content (AvgIpc) is 2.88. The molecule has 2 aromatic heterocycles. The van der Waals surface area contributed by atoms with Crippen molar-refractivity contribution in [3.8, 4) is 0 Å². The van der Waals surface area contributed by atoms with Crippen molar-refractivity contribution in [2.75, 3.05) is 5.43 Å². The zero-order chi connectivity index (χ0) is 14.1. The smallest absolute Gasteiger partial charge is 0.306 e. The Bertz CT molecular complexity index is 848. The molecule has 0 bridgehead atoms. The number of furan rings is 1. The van der Waals surface area contributed by atoms with Gasteiger partial charge in [0.05, 0.1) is 17.2 Å². The molecule has 0 saturated carbocycles. The van der Waals surface area contributed by atoms with Crippen molar-refractivity contribution in [2.24, 2.45) is 0 Å². The van der Waals surface area contributed by atoms with E-state index in [0.717, 1.165) is 4.68 Å². The minimum atomic E-state index is -0.494. The third-order valence-corrected chi connectivity index (χ3v) is 2.96. The number of hydrogen-bond acceptors (Lipinski definition) is 4. The molecule has 20 heavy (non-hydrogen) atoms. The van der Waals surface area contributed by atoms with Crippen LogP contribution in [0.25, 0.3) is 10.9 Å². The summed E-state index contributed by atoms with van der Waals surface area (Å²) in [6, 6.07) is 8.61. The van der Waals surface area contributed by atoms with Gasteiger partial charge >= 0.3 is 5.91 Å².